The van der Waals surface area contributed by atoms with Gasteiger partial charge in [0.25, 0.3) is 11.7 Å². The van der Waals surface area contributed by atoms with Crippen LogP contribution in [0.25, 0.3) is 17.0 Å². The number of amides is 1. The van der Waals surface area contributed by atoms with Crippen LogP contribution in [-0.2, 0) is 12.7 Å². The Morgan fingerprint density at radius 3 is 2.63 bits per heavy atom. The number of nitrogens with one attached hydrogen (secondary N) is 1. The SMILES string of the molecule is O=C(NCCCn1ccnc1)c1nc2nc(-c3ccccc3)cc(C(F)(F)F)n2n1. The van der Waals surface area contributed by atoms with Crippen molar-refractivity contribution in [2.24, 2.45) is 0 Å². The van der Waals surface area contributed by atoms with Crippen LogP contribution in [0.2, 0.25) is 0 Å². The fourth-order valence-corrected chi connectivity index (χ4v) is 2.89. The topological polar surface area (TPSA) is 90.0 Å². The lowest BCUT2D eigenvalue weighted by Crippen LogP contribution is -2.26. The number of hydrogen-bond donors (Lipinski definition) is 1. The maximum absolute atomic E-state index is 13.6. The Labute approximate surface area is 168 Å². The fraction of sp³-hybridized carbons (Fsp3) is 0.211. The number of halogens is 3. The summed E-state index contributed by atoms with van der Waals surface area (Å²) < 4.78 is 43.1. The number of benzene rings is 1. The molecule has 0 fully saturated rings. The van der Waals surface area contributed by atoms with E-state index < -0.39 is 17.8 Å². The first-order chi connectivity index (χ1) is 14.4. The van der Waals surface area contributed by atoms with Crippen molar-refractivity contribution in [2.75, 3.05) is 6.54 Å². The summed E-state index contributed by atoms with van der Waals surface area (Å²) in [7, 11) is 0. The molecule has 1 aromatic carbocycles. The third-order valence-corrected chi connectivity index (χ3v) is 4.31. The summed E-state index contributed by atoms with van der Waals surface area (Å²) in [4.78, 5) is 24.3. The van der Waals surface area contributed by atoms with Crippen LogP contribution in [-0.4, -0.2) is 41.6 Å². The minimum absolute atomic E-state index is 0.0927. The molecule has 0 spiro atoms. The zero-order valence-corrected chi connectivity index (χ0v) is 15.5. The summed E-state index contributed by atoms with van der Waals surface area (Å²) in [6, 6.07) is 9.32. The zero-order chi connectivity index (χ0) is 21.1. The van der Waals surface area contributed by atoms with Crippen molar-refractivity contribution in [3.8, 4) is 11.3 Å². The van der Waals surface area contributed by atoms with Crippen LogP contribution in [0.3, 0.4) is 0 Å². The second-order valence-corrected chi connectivity index (χ2v) is 6.45. The van der Waals surface area contributed by atoms with E-state index in [1.54, 1.807) is 49.1 Å². The number of fused-ring (bicyclic) bond motifs is 1. The van der Waals surface area contributed by atoms with Crippen molar-refractivity contribution >= 4 is 11.7 Å². The summed E-state index contributed by atoms with van der Waals surface area (Å²) in [5, 5.41) is 6.35. The molecule has 0 saturated heterocycles. The second-order valence-electron chi connectivity index (χ2n) is 6.45. The van der Waals surface area contributed by atoms with Gasteiger partial charge >= 0.3 is 6.18 Å². The van der Waals surface area contributed by atoms with Gasteiger partial charge in [-0.05, 0) is 12.5 Å². The maximum Gasteiger partial charge on any atom is 0.433 e. The molecule has 8 nitrogen and oxygen atoms in total. The third-order valence-electron chi connectivity index (χ3n) is 4.31. The van der Waals surface area contributed by atoms with Gasteiger partial charge in [0, 0.05) is 31.0 Å². The lowest BCUT2D eigenvalue weighted by molar-refractivity contribution is -0.142. The third kappa shape index (κ3) is 4.14. The quantitative estimate of drug-likeness (QED) is 0.489. The standard InChI is InChI=1S/C19H16F3N7O/c20-19(21,22)15-11-14(13-5-2-1-3-6-13)25-18-26-16(27-29(15)18)17(30)24-7-4-9-28-10-8-23-12-28/h1-3,5-6,8,10-12H,4,7,9H2,(H,24,30). The van der Waals surface area contributed by atoms with Gasteiger partial charge in [-0.1, -0.05) is 30.3 Å². The molecule has 1 amide bonds. The molecular weight excluding hydrogens is 399 g/mol. The Morgan fingerprint density at radius 2 is 1.93 bits per heavy atom. The number of imidazole rings is 1. The lowest BCUT2D eigenvalue weighted by atomic mass is 10.1. The van der Waals surface area contributed by atoms with E-state index >= 15 is 0 Å². The van der Waals surface area contributed by atoms with Gasteiger partial charge in [-0.25, -0.2) is 9.97 Å². The average molecular weight is 415 g/mol. The molecule has 0 aliphatic carbocycles. The van der Waals surface area contributed by atoms with E-state index in [1.807, 2.05) is 4.57 Å². The van der Waals surface area contributed by atoms with E-state index in [0.717, 1.165) is 6.07 Å². The van der Waals surface area contributed by atoms with Crippen molar-refractivity contribution < 1.29 is 18.0 Å². The molecule has 30 heavy (non-hydrogen) atoms. The molecule has 0 aliphatic rings. The van der Waals surface area contributed by atoms with E-state index in [1.165, 1.54) is 0 Å². The van der Waals surface area contributed by atoms with Gasteiger partial charge in [0.2, 0.25) is 5.82 Å². The van der Waals surface area contributed by atoms with Gasteiger partial charge in [-0.15, -0.1) is 5.10 Å². The molecular formula is C19H16F3N7O. The Balaban J connectivity index is 1.58. The summed E-state index contributed by atoms with van der Waals surface area (Å²) in [6.07, 6.45) is 1.00. The molecule has 11 heteroatoms. The molecule has 3 heterocycles. The molecule has 154 valence electrons. The normalized spacial score (nSPS) is 11.7. The van der Waals surface area contributed by atoms with Crippen molar-refractivity contribution in [2.45, 2.75) is 19.1 Å². The van der Waals surface area contributed by atoms with Gasteiger partial charge in [0.1, 0.15) is 0 Å². The number of nitrogens with zero attached hydrogens (tertiary/aromatic N) is 6. The van der Waals surface area contributed by atoms with Crippen LogP contribution < -0.4 is 5.32 Å². The lowest BCUT2D eigenvalue weighted by Gasteiger charge is -2.10. The molecule has 0 radical (unpaired) electrons. The number of hydrogen-bond acceptors (Lipinski definition) is 5. The highest BCUT2D eigenvalue weighted by atomic mass is 19.4. The van der Waals surface area contributed by atoms with E-state index in [-0.39, 0.29) is 17.3 Å². The zero-order valence-electron chi connectivity index (χ0n) is 15.5. The van der Waals surface area contributed by atoms with Crippen LogP contribution in [0.4, 0.5) is 13.2 Å². The summed E-state index contributed by atoms with van der Waals surface area (Å²) in [5.41, 5.74) is -0.466. The highest BCUT2D eigenvalue weighted by Crippen LogP contribution is 2.31. The van der Waals surface area contributed by atoms with Crippen molar-refractivity contribution in [3.63, 3.8) is 0 Å². The molecule has 0 aliphatic heterocycles. The van der Waals surface area contributed by atoms with Gasteiger partial charge in [-0.3, -0.25) is 4.79 Å². The predicted octanol–water partition coefficient (Wildman–Crippen LogP) is 2.83. The minimum atomic E-state index is -4.70. The van der Waals surface area contributed by atoms with Crippen molar-refractivity contribution in [1.29, 1.82) is 0 Å². The highest BCUT2D eigenvalue weighted by molar-refractivity contribution is 5.90. The first-order valence-corrected chi connectivity index (χ1v) is 9.06. The Morgan fingerprint density at radius 1 is 1.13 bits per heavy atom. The Kier molecular flexibility index (Phi) is 5.17. The van der Waals surface area contributed by atoms with Crippen molar-refractivity contribution in [3.05, 3.63) is 66.6 Å². The molecule has 0 bridgehead atoms. The van der Waals surface area contributed by atoms with E-state index in [9.17, 15) is 18.0 Å². The molecule has 0 atom stereocenters. The predicted molar refractivity (Wildman–Crippen MR) is 100 cm³/mol. The van der Waals surface area contributed by atoms with Gasteiger partial charge in [0.15, 0.2) is 5.69 Å². The number of aromatic nitrogens is 6. The molecule has 4 aromatic rings. The largest absolute Gasteiger partial charge is 0.433 e. The minimum Gasteiger partial charge on any atom is -0.349 e. The summed E-state index contributed by atoms with van der Waals surface area (Å²) in [6.45, 7) is 0.945. The second kappa shape index (κ2) is 7.93. The molecule has 0 unspecified atom stereocenters. The highest BCUT2D eigenvalue weighted by Gasteiger charge is 2.36. The summed E-state index contributed by atoms with van der Waals surface area (Å²) in [5.74, 6) is -1.34. The first-order valence-electron chi connectivity index (χ1n) is 9.06. The molecule has 3 aromatic heterocycles. The number of carbonyl (C=O) groups excluding carboxylic acids is 1. The monoisotopic (exact) mass is 415 g/mol. The average Bonchev–Trinajstić information content (AvgIpc) is 3.39. The fourth-order valence-electron chi connectivity index (χ4n) is 2.89. The molecule has 4 rings (SSSR count). The van der Waals surface area contributed by atoms with Crippen LogP contribution in [0.15, 0.2) is 55.1 Å². The van der Waals surface area contributed by atoms with Gasteiger partial charge in [-0.2, -0.15) is 22.7 Å². The van der Waals surface area contributed by atoms with Crippen LogP contribution in [0.1, 0.15) is 22.7 Å². The van der Waals surface area contributed by atoms with Gasteiger partial charge in [0.05, 0.1) is 12.0 Å². The van der Waals surface area contributed by atoms with Crippen LogP contribution >= 0.6 is 0 Å². The smallest absolute Gasteiger partial charge is 0.349 e. The Hall–Kier alpha value is -3.76. The van der Waals surface area contributed by atoms with E-state index in [0.29, 0.717) is 29.6 Å². The number of alkyl halides is 3. The van der Waals surface area contributed by atoms with Crippen LogP contribution in [0.5, 0.6) is 0 Å². The first kappa shape index (κ1) is 19.6. The van der Waals surface area contributed by atoms with Crippen LogP contribution in [0, 0.1) is 0 Å². The molecule has 1 N–H and O–H groups in total. The van der Waals surface area contributed by atoms with Crippen molar-refractivity contribution in [1.82, 2.24) is 34.4 Å². The molecule has 0 saturated carbocycles. The summed E-state index contributed by atoms with van der Waals surface area (Å²) >= 11 is 0. The maximum atomic E-state index is 13.6. The number of carbonyl (C=O) groups is 1. The van der Waals surface area contributed by atoms with E-state index in [4.69, 9.17) is 0 Å². The van der Waals surface area contributed by atoms with Gasteiger partial charge < -0.3 is 9.88 Å². The Bertz CT molecular complexity index is 1150. The number of rotatable bonds is 6. The van der Waals surface area contributed by atoms with E-state index in [2.05, 4.69) is 25.4 Å². The number of aryl methyl sites for hydroxylation is 1.